The number of rotatable bonds is 3. The first-order valence-electron chi connectivity index (χ1n) is 4.21. The maximum atomic E-state index is 11.1. The molecule has 0 unspecified atom stereocenters. The Bertz CT molecular complexity index is 368. The van der Waals surface area contributed by atoms with Crippen LogP contribution in [-0.4, -0.2) is 20.7 Å². The van der Waals surface area contributed by atoms with Crippen molar-refractivity contribution in [2.24, 2.45) is 0 Å². The van der Waals surface area contributed by atoms with Gasteiger partial charge in [0.05, 0.1) is 0 Å². The lowest BCUT2D eigenvalue weighted by Gasteiger charge is -2.04. The quantitative estimate of drug-likeness (QED) is 0.532. The second kappa shape index (κ2) is 4.04. The van der Waals surface area contributed by atoms with E-state index in [1.807, 2.05) is 0 Å². The Balaban J connectivity index is 2.58. The lowest BCUT2D eigenvalue weighted by Crippen LogP contribution is -2.12. The van der Waals surface area contributed by atoms with Gasteiger partial charge in [0, 0.05) is 5.57 Å². The van der Waals surface area contributed by atoms with Crippen molar-refractivity contribution < 1.29 is 9.53 Å². The number of aromatic nitrogens is 3. The summed E-state index contributed by atoms with van der Waals surface area (Å²) in [6.07, 6.45) is 0. The van der Waals surface area contributed by atoms with Crippen molar-refractivity contribution in [1.82, 2.24) is 14.8 Å². The molecule has 0 N–H and O–H groups in total. The number of hydrogen-bond donors (Lipinski definition) is 0. The maximum absolute atomic E-state index is 11.1. The van der Waals surface area contributed by atoms with Gasteiger partial charge in [0.2, 0.25) is 0 Å². The molecule has 0 aromatic carbocycles. The van der Waals surface area contributed by atoms with Crippen LogP contribution in [0.3, 0.4) is 0 Å². The molecule has 1 aromatic rings. The first-order chi connectivity index (χ1) is 6.50. The molecule has 14 heavy (non-hydrogen) atoms. The topological polar surface area (TPSA) is 57.0 Å². The Kier molecular flexibility index (Phi) is 3.01. The number of carbonyl (C=O) groups is 1. The van der Waals surface area contributed by atoms with Crippen molar-refractivity contribution in [3.05, 3.63) is 23.8 Å². The number of nitrogens with zero attached hydrogens (tertiary/aromatic N) is 3. The average molecular weight is 195 g/mol. The highest BCUT2D eigenvalue weighted by Gasteiger charge is 2.06. The number of aryl methyl sites for hydroxylation is 2. The smallest absolute Gasteiger partial charge is 0.334 e. The molecule has 1 rings (SSSR count). The van der Waals surface area contributed by atoms with Gasteiger partial charge in [-0.1, -0.05) is 6.58 Å². The van der Waals surface area contributed by atoms with Gasteiger partial charge in [0.1, 0.15) is 11.6 Å². The summed E-state index contributed by atoms with van der Waals surface area (Å²) in [5, 5.41) is 4.04. The van der Waals surface area contributed by atoms with Crippen LogP contribution in [0.5, 0.6) is 0 Å². The normalized spacial score (nSPS) is 9.93. The second-order valence-electron chi connectivity index (χ2n) is 3.05. The molecule has 0 fully saturated rings. The van der Waals surface area contributed by atoms with Crippen molar-refractivity contribution >= 4 is 5.97 Å². The summed E-state index contributed by atoms with van der Waals surface area (Å²) in [6.45, 7) is 8.74. The number of esters is 1. The fraction of sp³-hybridized carbons (Fsp3) is 0.444. The third-order valence-electron chi connectivity index (χ3n) is 1.63. The summed E-state index contributed by atoms with van der Waals surface area (Å²) in [6, 6.07) is 0. The first-order valence-corrected chi connectivity index (χ1v) is 4.21. The average Bonchev–Trinajstić information content (AvgIpc) is 2.40. The van der Waals surface area contributed by atoms with Crippen LogP contribution in [0.25, 0.3) is 0 Å². The third kappa shape index (κ3) is 2.42. The van der Waals surface area contributed by atoms with Gasteiger partial charge >= 0.3 is 5.97 Å². The lowest BCUT2D eigenvalue weighted by molar-refractivity contribution is -0.143. The molecular formula is C9H13N3O2. The molecule has 0 aliphatic rings. The molecule has 0 aliphatic heterocycles. The molecule has 0 radical (unpaired) electrons. The van der Waals surface area contributed by atoms with Crippen LogP contribution in [-0.2, 0) is 16.3 Å². The molecule has 0 bridgehead atoms. The number of carbonyl (C=O) groups excluding carboxylic acids is 1. The highest BCUT2D eigenvalue weighted by atomic mass is 16.5. The van der Waals surface area contributed by atoms with Gasteiger partial charge < -0.3 is 4.74 Å². The van der Waals surface area contributed by atoms with Gasteiger partial charge in [0.15, 0.2) is 6.73 Å². The molecule has 1 heterocycles. The van der Waals surface area contributed by atoms with Crippen molar-refractivity contribution in [2.45, 2.75) is 27.5 Å². The van der Waals surface area contributed by atoms with E-state index in [9.17, 15) is 4.79 Å². The van der Waals surface area contributed by atoms with E-state index in [0.29, 0.717) is 11.4 Å². The summed E-state index contributed by atoms with van der Waals surface area (Å²) in [4.78, 5) is 15.1. The van der Waals surface area contributed by atoms with E-state index in [2.05, 4.69) is 16.7 Å². The van der Waals surface area contributed by atoms with Gasteiger partial charge in [0.25, 0.3) is 0 Å². The highest BCUT2D eigenvalue weighted by molar-refractivity contribution is 5.86. The number of ether oxygens (including phenoxy) is 1. The van der Waals surface area contributed by atoms with Crippen molar-refractivity contribution in [3.63, 3.8) is 0 Å². The van der Waals surface area contributed by atoms with E-state index < -0.39 is 5.97 Å². The minimum atomic E-state index is -0.419. The van der Waals surface area contributed by atoms with Gasteiger partial charge in [-0.2, -0.15) is 5.10 Å². The van der Waals surface area contributed by atoms with Crippen LogP contribution in [0.2, 0.25) is 0 Å². The lowest BCUT2D eigenvalue weighted by atomic mass is 10.4. The molecule has 0 saturated carbocycles. The van der Waals surface area contributed by atoms with Gasteiger partial charge in [-0.3, -0.25) is 0 Å². The van der Waals surface area contributed by atoms with Crippen molar-refractivity contribution in [2.75, 3.05) is 0 Å². The van der Waals surface area contributed by atoms with E-state index in [-0.39, 0.29) is 6.73 Å². The number of hydrogen-bond acceptors (Lipinski definition) is 4. The van der Waals surface area contributed by atoms with Gasteiger partial charge in [-0.15, -0.1) is 0 Å². The van der Waals surface area contributed by atoms with Crippen LogP contribution >= 0.6 is 0 Å². The molecule has 5 heteroatoms. The van der Waals surface area contributed by atoms with Gasteiger partial charge in [-0.05, 0) is 20.8 Å². The van der Waals surface area contributed by atoms with Crippen molar-refractivity contribution in [1.29, 1.82) is 0 Å². The Morgan fingerprint density at radius 2 is 2.21 bits per heavy atom. The molecule has 5 nitrogen and oxygen atoms in total. The van der Waals surface area contributed by atoms with Crippen LogP contribution in [0.15, 0.2) is 12.2 Å². The Labute approximate surface area is 82.4 Å². The molecule has 0 aliphatic carbocycles. The SMILES string of the molecule is C=C(C)C(=O)OCn1nc(C)nc1C. The molecule has 1 aromatic heterocycles. The van der Waals surface area contributed by atoms with Crippen LogP contribution in [0.1, 0.15) is 18.6 Å². The van der Waals surface area contributed by atoms with Crippen LogP contribution < -0.4 is 0 Å². The highest BCUT2D eigenvalue weighted by Crippen LogP contribution is 1.98. The summed E-state index contributed by atoms with van der Waals surface area (Å²) in [5.41, 5.74) is 0.375. The maximum Gasteiger partial charge on any atom is 0.334 e. The third-order valence-corrected chi connectivity index (χ3v) is 1.63. The summed E-state index contributed by atoms with van der Waals surface area (Å²) in [7, 11) is 0. The summed E-state index contributed by atoms with van der Waals surface area (Å²) in [5.74, 6) is 0.962. The Morgan fingerprint density at radius 1 is 1.57 bits per heavy atom. The van der Waals surface area contributed by atoms with Crippen molar-refractivity contribution in [3.8, 4) is 0 Å². The molecule has 0 amide bonds. The second-order valence-corrected chi connectivity index (χ2v) is 3.05. The molecular weight excluding hydrogens is 182 g/mol. The van der Waals surface area contributed by atoms with E-state index in [0.717, 1.165) is 5.82 Å². The zero-order valence-corrected chi connectivity index (χ0v) is 8.57. The zero-order valence-electron chi connectivity index (χ0n) is 8.57. The molecule has 0 saturated heterocycles. The van der Waals surface area contributed by atoms with E-state index >= 15 is 0 Å². The Hall–Kier alpha value is -1.65. The van der Waals surface area contributed by atoms with Crippen LogP contribution in [0.4, 0.5) is 0 Å². The predicted molar refractivity (Wildman–Crippen MR) is 50.4 cm³/mol. The minimum Gasteiger partial charge on any atom is -0.439 e. The minimum absolute atomic E-state index is 0.0817. The molecule has 76 valence electrons. The van der Waals surface area contributed by atoms with Crippen LogP contribution in [0, 0.1) is 13.8 Å². The predicted octanol–water partition coefficient (Wildman–Crippen LogP) is 0.972. The van der Waals surface area contributed by atoms with Gasteiger partial charge in [-0.25, -0.2) is 14.5 Å². The Morgan fingerprint density at radius 3 is 2.64 bits per heavy atom. The molecule has 0 spiro atoms. The fourth-order valence-electron chi connectivity index (χ4n) is 0.927. The zero-order chi connectivity index (χ0) is 10.7. The largest absolute Gasteiger partial charge is 0.439 e. The summed E-state index contributed by atoms with van der Waals surface area (Å²) < 4.78 is 6.43. The van der Waals surface area contributed by atoms with E-state index in [4.69, 9.17) is 4.74 Å². The standard InChI is InChI=1S/C9H13N3O2/c1-6(2)9(13)14-5-12-8(4)10-7(3)11-12/h1,5H2,2-4H3. The first kappa shape index (κ1) is 10.4. The monoisotopic (exact) mass is 195 g/mol. The fourth-order valence-corrected chi connectivity index (χ4v) is 0.927. The van der Waals surface area contributed by atoms with E-state index in [1.165, 1.54) is 4.68 Å². The summed E-state index contributed by atoms with van der Waals surface area (Å²) >= 11 is 0. The van der Waals surface area contributed by atoms with E-state index in [1.54, 1.807) is 20.8 Å². The molecule has 0 atom stereocenters.